The molecule has 4 heteroatoms. The van der Waals surface area contributed by atoms with Crippen LogP contribution in [0, 0.1) is 13.8 Å². The lowest BCUT2D eigenvalue weighted by Gasteiger charge is -2.26. The van der Waals surface area contributed by atoms with Crippen LogP contribution in [0.3, 0.4) is 0 Å². The predicted molar refractivity (Wildman–Crippen MR) is 118 cm³/mol. The number of hydrogen-bond acceptors (Lipinski definition) is 2. The second-order valence-electron chi connectivity index (χ2n) is 8.92. The molecule has 0 fully saturated rings. The zero-order valence-corrected chi connectivity index (χ0v) is 18.3. The fourth-order valence-electron chi connectivity index (χ4n) is 4.41. The van der Waals surface area contributed by atoms with Crippen molar-refractivity contribution in [2.24, 2.45) is 7.05 Å². The molecule has 1 aliphatic heterocycles. The van der Waals surface area contributed by atoms with Crippen LogP contribution in [0.1, 0.15) is 11.1 Å². The number of nitrogens with zero attached hydrogens (tertiary/aromatic N) is 2. The predicted octanol–water partition coefficient (Wildman–Crippen LogP) is 5.15. The van der Waals surface area contributed by atoms with Crippen LogP contribution in [0.4, 0.5) is 0 Å². The molecule has 28 heavy (non-hydrogen) atoms. The van der Waals surface area contributed by atoms with Crippen LogP contribution in [0.15, 0.2) is 42.7 Å². The van der Waals surface area contributed by atoms with Crippen LogP contribution in [0.25, 0.3) is 32.9 Å². The van der Waals surface area contributed by atoms with Crippen molar-refractivity contribution in [3.63, 3.8) is 0 Å². The molecule has 0 bridgehead atoms. The summed E-state index contributed by atoms with van der Waals surface area (Å²) < 4.78 is 8.86. The van der Waals surface area contributed by atoms with Crippen LogP contribution in [0.2, 0.25) is 19.6 Å². The molecule has 3 heterocycles. The molecule has 0 aliphatic carbocycles. The number of hydrogen-bond donors (Lipinski definition) is 0. The third kappa shape index (κ3) is 2.27. The number of aryl methyl sites for hydroxylation is 3. The molecule has 2 aromatic carbocycles. The van der Waals surface area contributed by atoms with Gasteiger partial charge in [-0.05, 0) is 36.9 Å². The molecule has 140 valence electrons. The summed E-state index contributed by atoms with van der Waals surface area (Å²) in [5, 5.41) is 5.09. The Balaban J connectivity index is 1.97. The molecule has 3 nitrogen and oxygen atoms in total. The summed E-state index contributed by atoms with van der Waals surface area (Å²) in [5.41, 5.74) is 5.80. The lowest BCUT2D eigenvalue weighted by molar-refractivity contribution is -0.659. The molecule has 1 aliphatic rings. The second-order valence-corrected chi connectivity index (χ2v) is 14.0. The first-order valence-electron chi connectivity index (χ1n) is 9.80. The zero-order chi connectivity index (χ0) is 19.8. The van der Waals surface area contributed by atoms with Gasteiger partial charge in [-0.2, -0.15) is 0 Å². The van der Waals surface area contributed by atoms with E-state index in [0.29, 0.717) is 0 Å². The highest BCUT2D eigenvalue weighted by Crippen LogP contribution is 2.49. The Hall–Kier alpha value is -2.72. The molecule has 0 amide bonds. The minimum atomic E-state index is -1.46. The molecule has 2 aromatic heterocycles. The number of fused-ring (bicyclic) bond motifs is 3. The zero-order valence-electron chi connectivity index (χ0n) is 17.3. The lowest BCUT2D eigenvalue weighted by atomic mass is 9.91. The SMILES string of the molecule is Cc1c2c(c(C)c3ncccc13)Oc1cc([Si](C)(C)C)cc3cc[n+](C)c-2c13. The Bertz CT molecular complexity index is 1300. The lowest BCUT2D eigenvalue weighted by Crippen LogP contribution is -2.38. The minimum Gasteiger partial charge on any atom is -0.455 e. The van der Waals surface area contributed by atoms with Gasteiger partial charge in [0, 0.05) is 23.2 Å². The fourth-order valence-corrected chi connectivity index (χ4v) is 5.56. The molecule has 0 spiro atoms. The number of benzene rings is 2. The van der Waals surface area contributed by atoms with Crippen molar-refractivity contribution in [1.29, 1.82) is 0 Å². The number of pyridine rings is 2. The number of aromatic nitrogens is 2. The first kappa shape index (κ1) is 17.4. The van der Waals surface area contributed by atoms with Crippen LogP contribution < -0.4 is 14.5 Å². The molecule has 0 N–H and O–H groups in total. The van der Waals surface area contributed by atoms with Crippen molar-refractivity contribution < 1.29 is 9.30 Å². The Morgan fingerprint density at radius 1 is 1.04 bits per heavy atom. The van der Waals surface area contributed by atoms with Gasteiger partial charge in [0.2, 0.25) is 5.69 Å². The van der Waals surface area contributed by atoms with Crippen LogP contribution in [-0.2, 0) is 7.05 Å². The van der Waals surface area contributed by atoms with Gasteiger partial charge in [-0.15, -0.1) is 0 Å². The van der Waals surface area contributed by atoms with Gasteiger partial charge in [0.05, 0.1) is 24.5 Å². The van der Waals surface area contributed by atoms with E-state index in [4.69, 9.17) is 4.74 Å². The smallest absolute Gasteiger partial charge is 0.228 e. The van der Waals surface area contributed by atoms with Crippen molar-refractivity contribution >= 4 is 34.9 Å². The third-order valence-electron chi connectivity index (χ3n) is 6.02. The molecular weight excluding hydrogens is 360 g/mol. The highest BCUT2D eigenvalue weighted by molar-refractivity contribution is 6.88. The van der Waals surface area contributed by atoms with Gasteiger partial charge in [-0.25, -0.2) is 4.57 Å². The van der Waals surface area contributed by atoms with Crippen molar-refractivity contribution in [2.75, 3.05) is 0 Å². The minimum absolute atomic E-state index is 0.951. The maximum absolute atomic E-state index is 6.63. The molecular formula is C24H25N2OSi+. The Labute approximate surface area is 166 Å². The maximum atomic E-state index is 6.63. The van der Waals surface area contributed by atoms with Gasteiger partial charge < -0.3 is 4.74 Å². The summed E-state index contributed by atoms with van der Waals surface area (Å²) in [7, 11) is 0.663. The summed E-state index contributed by atoms with van der Waals surface area (Å²) >= 11 is 0. The average Bonchev–Trinajstić information content (AvgIpc) is 2.67. The van der Waals surface area contributed by atoms with Gasteiger partial charge in [-0.1, -0.05) is 37.0 Å². The first-order chi connectivity index (χ1) is 13.3. The highest BCUT2D eigenvalue weighted by atomic mass is 28.3. The Morgan fingerprint density at radius 2 is 1.82 bits per heavy atom. The van der Waals surface area contributed by atoms with E-state index in [-0.39, 0.29) is 0 Å². The van der Waals surface area contributed by atoms with Gasteiger partial charge in [0.1, 0.15) is 18.5 Å². The average molecular weight is 386 g/mol. The Morgan fingerprint density at radius 3 is 2.57 bits per heavy atom. The second kappa shape index (κ2) is 5.64. The van der Waals surface area contributed by atoms with E-state index < -0.39 is 8.07 Å². The van der Waals surface area contributed by atoms with Gasteiger partial charge in [-0.3, -0.25) is 4.98 Å². The van der Waals surface area contributed by atoms with Crippen molar-refractivity contribution in [3.05, 3.63) is 53.9 Å². The van der Waals surface area contributed by atoms with E-state index in [1.807, 2.05) is 12.3 Å². The van der Waals surface area contributed by atoms with Crippen molar-refractivity contribution in [2.45, 2.75) is 33.5 Å². The van der Waals surface area contributed by atoms with Crippen molar-refractivity contribution in [1.82, 2.24) is 4.98 Å². The van der Waals surface area contributed by atoms with Crippen LogP contribution in [-0.4, -0.2) is 13.1 Å². The summed E-state index contributed by atoms with van der Waals surface area (Å²) in [6, 6.07) is 11.0. The maximum Gasteiger partial charge on any atom is 0.228 e. The van der Waals surface area contributed by atoms with E-state index in [1.54, 1.807) is 0 Å². The van der Waals surface area contributed by atoms with Gasteiger partial charge >= 0.3 is 0 Å². The largest absolute Gasteiger partial charge is 0.455 e. The summed E-state index contributed by atoms with van der Waals surface area (Å²) in [4.78, 5) is 4.65. The summed E-state index contributed by atoms with van der Waals surface area (Å²) in [5.74, 6) is 1.93. The molecule has 5 rings (SSSR count). The van der Waals surface area contributed by atoms with Gasteiger partial charge in [0.15, 0.2) is 6.20 Å². The van der Waals surface area contributed by atoms with E-state index >= 15 is 0 Å². The number of rotatable bonds is 1. The monoisotopic (exact) mass is 385 g/mol. The standard InChI is InChI=1S/C24H25N2OSi/c1-14-18-8-7-10-25-22(18)15(2)24-20(14)23-21-16(9-11-26(23)3)12-17(28(4,5)6)13-19(21)27-24/h7-13H,1-6H3/q+1. The highest BCUT2D eigenvalue weighted by Gasteiger charge is 2.33. The molecule has 0 unspecified atom stereocenters. The van der Waals surface area contributed by atoms with E-state index in [0.717, 1.165) is 22.6 Å². The van der Waals surface area contributed by atoms with E-state index in [1.165, 1.54) is 38.2 Å². The number of ether oxygens (including phenoxy) is 1. The van der Waals surface area contributed by atoms with Crippen LogP contribution >= 0.6 is 0 Å². The molecule has 0 atom stereocenters. The molecule has 0 radical (unpaired) electrons. The first-order valence-corrected chi connectivity index (χ1v) is 13.3. The molecule has 0 saturated carbocycles. The quantitative estimate of drug-likeness (QED) is 0.295. The van der Waals surface area contributed by atoms with E-state index in [9.17, 15) is 0 Å². The Kier molecular flexibility index (Phi) is 3.50. The van der Waals surface area contributed by atoms with Crippen molar-refractivity contribution in [3.8, 4) is 22.8 Å². The van der Waals surface area contributed by atoms with E-state index in [2.05, 4.69) is 80.5 Å². The van der Waals surface area contributed by atoms with Crippen LogP contribution in [0.5, 0.6) is 11.5 Å². The summed E-state index contributed by atoms with van der Waals surface area (Å²) in [6.45, 7) is 11.5. The fraction of sp³-hybridized carbons (Fsp3) is 0.250. The molecule has 0 saturated heterocycles. The van der Waals surface area contributed by atoms with Gasteiger partial charge in [0.25, 0.3) is 0 Å². The summed E-state index contributed by atoms with van der Waals surface area (Å²) in [6.07, 6.45) is 4.04. The topological polar surface area (TPSA) is 26.0 Å². The normalized spacial score (nSPS) is 12.9. The third-order valence-corrected chi connectivity index (χ3v) is 8.05. The molecule has 4 aromatic rings.